The van der Waals surface area contributed by atoms with Crippen LogP contribution in [0.1, 0.15) is 9.80 Å². The molecule has 1 N–H and O–H groups in total. The zero-order valence-corrected chi connectivity index (χ0v) is 7.86. The molecule has 0 aromatic carbocycles. The summed E-state index contributed by atoms with van der Waals surface area (Å²) in [5.41, 5.74) is 0.935. The fraction of sp³-hybridized carbons (Fsp3) is 0. The van der Waals surface area contributed by atoms with Gasteiger partial charge in [-0.3, -0.25) is 4.98 Å². The second-order valence-corrected chi connectivity index (χ2v) is 3.60. The summed E-state index contributed by atoms with van der Waals surface area (Å²) in [5, 5.41) is 8.79. The highest BCUT2D eigenvalue weighted by atomic mass is 32.1. The lowest BCUT2D eigenvalue weighted by atomic mass is 10.2. The maximum Gasteiger partial charge on any atom is 0.365 e. The van der Waals surface area contributed by atoms with Gasteiger partial charge in [-0.25, -0.2) is 9.78 Å². The number of carbonyl (C=O) groups is 1. The zero-order valence-electron chi connectivity index (χ0n) is 7.04. The van der Waals surface area contributed by atoms with Crippen molar-refractivity contribution < 1.29 is 9.90 Å². The molecule has 5 heteroatoms. The molecule has 0 amide bonds. The minimum atomic E-state index is -0.990. The van der Waals surface area contributed by atoms with Gasteiger partial charge in [0.25, 0.3) is 0 Å². The van der Waals surface area contributed by atoms with Crippen LogP contribution in [0.25, 0.3) is 10.4 Å². The van der Waals surface area contributed by atoms with Crippen LogP contribution >= 0.6 is 11.3 Å². The highest BCUT2D eigenvalue weighted by molar-refractivity contribution is 7.16. The van der Waals surface area contributed by atoms with Gasteiger partial charge in [0.2, 0.25) is 5.01 Å². The average Bonchev–Trinajstić information content (AvgIpc) is 2.68. The van der Waals surface area contributed by atoms with E-state index < -0.39 is 5.97 Å². The Morgan fingerprint density at radius 2 is 2.07 bits per heavy atom. The smallest absolute Gasteiger partial charge is 0.365 e. The summed E-state index contributed by atoms with van der Waals surface area (Å²) in [6.45, 7) is 0. The number of aromatic carboxylic acids is 1. The van der Waals surface area contributed by atoms with Crippen LogP contribution in [-0.4, -0.2) is 21.0 Å². The van der Waals surface area contributed by atoms with Gasteiger partial charge in [-0.2, -0.15) is 0 Å². The Kier molecular flexibility index (Phi) is 2.24. The van der Waals surface area contributed by atoms with Gasteiger partial charge in [-0.1, -0.05) is 0 Å². The summed E-state index contributed by atoms with van der Waals surface area (Å²) in [7, 11) is 0. The Hall–Kier alpha value is -1.75. The molecule has 0 bridgehead atoms. The van der Waals surface area contributed by atoms with Crippen molar-refractivity contribution in [3.63, 3.8) is 0 Å². The second kappa shape index (κ2) is 3.55. The number of rotatable bonds is 2. The largest absolute Gasteiger partial charge is 0.476 e. The predicted molar refractivity (Wildman–Crippen MR) is 52.3 cm³/mol. The molecule has 0 aliphatic heterocycles. The van der Waals surface area contributed by atoms with Crippen molar-refractivity contribution in [2.75, 3.05) is 0 Å². The molecule has 2 rings (SSSR count). The van der Waals surface area contributed by atoms with Gasteiger partial charge >= 0.3 is 5.97 Å². The van der Waals surface area contributed by atoms with Crippen LogP contribution in [0.4, 0.5) is 0 Å². The predicted octanol–water partition coefficient (Wildman–Crippen LogP) is 1.90. The molecule has 70 valence electrons. The minimum absolute atomic E-state index is 0.108. The molecule has 2 aromatic heterocycles. The fourth-order valence-corrected chi connectivity index (χ4v) is 1.78. The van der Waals surface area contributed by atoms with Crippen molar-refractivity contribution in [3.05, 3.63) is 35.7 Å². The van der Waals surface area contributed by atoms with Crippen LogP contribution in [0.15, 0.2) is 30.7 Å². The quantitative estimate of drug-likeness (QED) is 0.815. The standard InChI is InChI=1S/C9H6N2O2S/c12-9(13)8-11-5-7(14-8)6-1-3-10-4-2-6/h1-5H,(H,12,13). The summed E-state index contributed by atoms with van der Waals surface area (Å²) >= 11 is 1.16. The van der Waals surface area contributed by atoms with Crippen molar-refractivity contribution in [1.29, 1.82) is 0 Å². The Morgan fingerprint density at radius 3 is 2.64 bits per heavy atom. The zero-order chi connectivity index (χ0) is 9.97. The van der Waals surface area contributed by atoms with Crippen LogP contribution in [0.5, 0.6) is 0 Å². The van der Waals surface area contributed by atoms with Gasteiger partial charge in [0.1, 0.15) is 0 Å². The fourth-order valence-electron chi connectivity index (χ4n) is 1.02. The number of hydrogen-bond acceptors (Lipinski definition) is 4. The van der Waals surface area contributed by atoms with Crippen molar-refractivity contribution in [2.24, 2.45) is 0 Å². The Labute approximate surface area is 83.9 Å². The Balaban J connectivity index is 2.39. The van der Waals surface area contributed by atoms with Gasteiger partial charge in [-0.05, 0) is 17.7 Å². The molecule has 0 aliphatic carbocycles. The summed E-state index contributed by atoms with van der Waals surface area (Å²) in [5.74, 6) is -0.990. The first kappa shape index (κ1) is 8.83. The van der Waals surface area contributed by atoms with Crippen molar-refractivity contribution in [2.45, 2.75) is 0 Å². The number of hydrogen-bond donors (Lipinski definition) is 1. The number of pyridine rings is 1. The van der Waals surface area contributed by atoms with Crippen molar-refractivity contribution in [1.82, 2.24) is 9.97 Å². The summed E-state index contributed by atoms with van der Waals surface area (Å²) < 4.78 is 0. The molecular formula is C9H6N2O2S. The molecule has 2 heterocycles. The molecule has 2 aromatic rings. The molecule has 0 aliphatic rings. The third kappa shape index (κ3) is 1.62. The first-order valence-electron chi connectivity index (χ1n) is 3.87. The SMILES string of the molecule is O=C(O)c1ncc(-c2ccncc2)s1. The monoisotopic (exact) mass is 206 g/mol. The summed E-state index contributed by atoms with van der Waals surface area (Å²) in [6, 6.07) is 3.64. The molecule has 4 nitrogen and oxygen atoms in total. The molecule has 14 heavy (non-hydrogen) atoms. The van der Waals surface area contributed by atoms with E-state index in [0.29, 0.717) is 0 Å². The van der Waals surface area contributed by atoms with Crippen LogP contribution in [0.3, 0.4) is 0 Å². The van der Waals surface area contributed by atoms with E-state index in [-0.39, 0.29) is 5.01 Å². The van der Waals surface area contributed by atoms with Crippen molar-refractivity contribution >= 4 is 17.3 Å². The number of thiazole rings is 1. The van der Waals surface area contributed by atoms with E-state index in [0.717, 1.165) is 21.8 Å². The van der Waals surface area contributed by atoms with E-state index in [4.69, 9.17) is 5.11 Å². The third-order valence-electron chi connectivity index (χ3n) is 1.65. The van der Waals surface area contributed by atoms with E-state index in [1.54, 1.807) is 18.6 Å². The summed E-state index contributed by atoms with van der Waals surface area (Å²) in [4.78, 5) is 19.1. The molecule has 0 unspecified atom stereocenters. The second-order valence-electron chi connectivity index (χ2n) is 2.57. The van der Waals surface area contributed by atoms with E-state index in [1.807, 2.05) is 12.1 Å². The van der Waals surface area contributed by atoms with E-state index >= 15 is 0 Å². The van der Waals surface area contributed by atoms with Crippen LogP contribution < -0.4 is 0 Å². The maximum atomic E-state index is 10.6. The summed E-state index contributed by atoms with van der Waals surface area (Å²) in [6.07, 6.45) is 4.88. The van der Waals surface area contributed by atoms with E-state index in [9.17, 15) is 4.79 Å². The number of carboxylic acid groups (broad SMARTS) is 1. The van der Waals surface area contributed by atoms with Gasteiger partial charge in [0.15, 0.2) is 0 Å². The Bertz CT molecular complexity index is 453. The topological polar surface area (TPSA) is 63.1 Å². The van der Waals surface area contributed by atoms with Crippen LogP contribution in [0.2, 0.25) is 0 Å². The molecular weight excluding hydrogens is 200 g/mol. The molecule has 0 spiro atoms. The van der Waals surface area contributed by atoms with Gasteiger partial charge in [-0.15, -0.1) is 11.3 Å². The Morgan fingerprint density at radius 1 is 1.36 bits per heavy atom. The number of nitrogens with zero attached hydrogens (tertiary/aromatic N) is 2. The van der Waals surface area contributed by atoms with Gasteiger partial charge in [0, 0.05) is 18.6 Å². The lowest BCUT2D eigenvalue weighted by molar-refractivity contribution is 0.0696. The molecule has 0 radical (unpaired) electrons. The third-order valence-corrected chi connectivity index (χ3v) is 2.69. The van der Waals surface area contributed by atoms with Gasteiger partial charge in [0.05, 0.1) is 4.88 Å². The molecule has 0 saturated heterocycles. The van der Waals surface area contributed by atoms with E-state index in [2.05, 4.69) is 9.97 Å². The highest BCUT2D eigenvalue weighted by Crippen LogP contribution is 2.24. The highest BCUT2D eigenvalue weighted by Gasteiger charge is 2.09. The molecule has 0 fully saturated rings. The number of carboxylic acids is 1. The average molecular weight is 206 g/mol. The lowest BCUT2D eigenvalue weighted by Gasteiger charge is -1.92. The first-order valence-corrected chi connectivity index (χ1v) is 4.68. The minimum Gasteiger partial charge on any atom is -0.476 e. The van der Waals surface area contributed by atoms with Crippen LogP contribution in [-0.2, 0) is 0 Å². The normalized spacial score (nSPS) is 10.0. The number of aromatic nitrogens is 2. The maximum absolute atomic E-state index is 10.6. The lowest BCUT2D eigenvalue weighted by Crippen LogP contribution is -1.92. The molecule has 0 saturated carbocycles. The van der Waals surface area contributed by atoms with Gasteiger partial charge < -0.3 is 5.11 Å². The first-order chi connectivity index (χ1) is 6.77. The van der Waals surface area contributed by atoms with E-state index in [1.165, 1.54) is 0 Å². The van der Waals surface area contributed by atoms with Crippen LogP contribution in [0, 0.1) is 0 Å². The molecule has 0 atom stereocenters. The van der Waals surface area contributed by atoms with Crippen molar-refractivity contribution in [3.8, 4) is 10.4 Å².